The number of rotatable bonds is 6. The van der Waals surface area contributed by atoms with Gasteiger partial charge in [-0.2, -0.15) is 4.31 Å². The Morgan fingerprint density at radius 2 is 1.67 bits per heavy atom. The highest BCUT2D eigenvalue weighted by Crippen LogP contribution is 2.27. The first-order chi connectivity index (χ1) is 14.4. The summed E-state index contributed by atoms with van der Waals surface area (Å²) in [5, 5.41) is 3.47. The molecule has 2 heterocycles. The number of aryl methyl sites for hydroxylation is 1. The molecule has 4 rings (SSSR count). The zero-order valence-corrected chi connectivity index (χ0v) is 18.3. The highest BCUT2D eigenvalue weighted by molar-refractivity contribution is 7.89. The van der Waals surface area contributed by atoms with E-state index in [1.54, 1.807) is 22.5 Å². The molecule has 2 fully saturated rings. The lowest BCUT2D eigenvalue weighted by atomic mass is 10.1. The smallest absolute Gasteiger partial charge is 0.243 e. The zero-order chi connectivity index (χ0) is 21.1. The van der Waals surface area contributed by atoms with E-state index in [9.17, 15) is 12.8 Å². The third-order valence-electron chi connectivity index (χ3n) is 6.22. The van der Waals surface area contributed by atoms with Crippen LogP contribution in [0.5, 0.6) is 0 Å². The molecule has 2 aromatic carbocycles. The van der Waals surface area contributed by atoms with Gasteiger partial charge in [-0.1, -0.05) is 23.8 Å². The van der Waals surface area contributed by atoms with Gasteiger partial charge in [0, 0.05) is 50.0 Å². The third-order valence-corrected chi connectivity index (χ3v) is 8.13. The molecule has 0 aromatic heterocycles. The number of hydrogen-bond acceptors (Lipinski definition) is 4. The van der Waals surface area contributed by atoms with Gasteiger partial charge in [0.1, 0.15) is 5.82 Å². The molecular formula is C23H30FN3O2S. The largest absolute Gasteiger partial charge is 0.371 e. The van der Waals surface area contributed by atoms with Crippen molar-refractivity contribution in [3.63, 3.8) is 0 Å². The molecule has 2 aromatic rings. The van der Waals surface area contributed by atoms with Crippen molar-refractivity contribution in [2.45, 2.75) is 50.1 Å². The predicted molar refractivity (Wildman–Crippen MR) is 118 cm³/mol. The first kappa shape index (κ1) is 21.3. The van der Waals surface area contributed by atoms with E-state index in [2.05, 4.69) is 10.2 Å². The van der Waals surface area contributed by atoms with Crippen molar-refractivity contribution >= 4 is 15.7 Å². The number of nitrogens with zero attached hydrogens (tertiary/aromatic N) is 2. The average molecular weight is 432 g/mol. The summed E-state index contributed by atoms with van der Waals surface area (Å²) >= 11 is 0. The van der Waals surface area contributed by atoms with Crippen LogP contribution in [0, 0.1) is 12.7 Å². The van der Waals surface area contributed by atoms with Crippen LogP contribution in [0.15, 0.2) is 47.4 Å². The molecule has 0 bridgehead atoms. The fraction of sp³-hybridized carbons (Fsp3) is 0.478. The molecule has 2 aliphatic rings. The van der Waals surface area contributed by atoms with Crippen molar-refractivity contribution in [1.82, 2.24) is 9.62 Å². The molecule has 162 valence electrons. The highest BCUT2D eigenvalue weighted by atomic mass is 32.2. The Hall–Kier alpha value is -1.96. The molecule has 30 heavy (non-hydrogen) atoms. The van der Waals surface area contributed by atoms with Gasteiger partial charge in [0.05, 0.1) is 4.90 Å². The number of nitrogens with one attached hydrogen (secondary N) is 1. The molecule has 7 heteroatoms. The minimum Gasteiger partial charge on any atom is -0.371 e. The molecule has 0 amide bonds. The Kier molecular flexibility index (Phi) is 6.41. The van der Waals surface area contributed by atoms with Crippen molar-refractivity contribution in [1.29, 1.82) is 0 Å². The van der Waals surface area contributed by atoms with Gasteiger partial charge in [-0.05, 0) is 56.9 Å². The normalized spacial score (nSPS) is 18.8. The van der Waals surface area contributed by atoms with Crippen LogP contribution in [0.25, 0.3) is 0 Å². The summed E-state index contributed by atoms with van der Waals surface area (Å²) in [5.74, 6) is -0.175. The SMILES string of the molecule is Cc1ccc(S(=O)(=O)N2CCC(NCc3c(F)cccc3N3CCCC3)CC2)cc1. The summed E-state index contributed by atoms with van der Waals surface area (Å²) in [6.07, 6.45) is 3.74. The molecule has 2 aliphatic heterocycles. The molecular weight excluding hydrogens is 401 g/mol. The minimum atomic E-state index is -3.45. The summed E-state index contributed by atoms with van der Waals surface area (Å²) in [6.45, 7) is 5.32. The van der Waals surface area contributed by atoms with Gasteiger partial charge in [-0.25, -0.2) is 12.8 Å². The van der Waals surface area contributed by atoms with Crippen molar-refractivity contribution in [2.24, 2.45) is 0 Å². The summed E-state index contributed by atoms with van der Waals surface area (Å²) in [5.41, 5.74) is 2.74. The number of sulfonamides is 1. The topological polar surface area (TPSA) is 52.7 Å². The second kappa shape index (κ2) is 9.04. The zero-order valence-electron chi connectivity index (χ0n) is 17.5. The Bertz CT molecular complexity index is 964. The summed E-state index contributed by atoms with van der Waals surface area (Å²) < 4.78 is 41.8. The standard InChI is InChI=1S/C23H30FN3O2S/c1-18-7-9-20(10-8-18)30(28,29)27-15-11-19(12-16-27)25-17-21-22(24)5-4-6-23(21)26-13-2-3-14-26/h4-10,19,25H,2-3,11-17H2,1H3. The van der Waals surface area contributed by atoms with Crippen LogP contribution >= 0.6 is 0 Å². The Labute approximate surface area is 178 Å². The Morgan fingerprint density at radius 1 is 1.00 bits per heavy atom. The fourth-order valence-electron chi connectivity index (χ4n) is 4.38. The van der Waals surface area contributed by atoms with E-state index in [1.807, 2.05) is 25.1 Å². The predicted octanol–water partition coefficient (Wildman–Crippen LogP) is 3.68. The number of anilines is 1. The van der Waals surface area contributed by atoms with E-state index in [0.717, 1.165) is 50.0 Å². The lowest BCUT2D eigenvalue weighted by molar-refractivity contribution is 0.288. The molecule has 0 radical (unpaired) electrons. The van der Waals surface area contributed by atoms with Crippen LogP contribution in [0.1, 0.15) is 36.8 Å². The van der Waals surface area contributed by atoms with Crippen molar-refractivity contribution in [2.75, 3.05) is 31.1 Å². The number of piperidine rings is 1. The summed E-state index contributed by atoms with van der Waals surface area (Å²) in [7, 11) is -3.45. The number of halogens is 1. The van der Waals surface area contributed by atoms with E-state index in [1.165, 1.54) is 6.07 Å². The van der Waals surface area contributed by atoms with Gasteiger partial charge in [0.15, 0.2) is 0 Å². The average Bonchev–Trinajstić information content (AvgIpc) is 3.28. The molecule has 0 aliphatic carbocycles. The fourth-order valence-corrected chi connectivity index (χ4v) is 5.85. The summed E-state index contributed by atoms with van der Waals surface area (Å²) in [6, 6.07) is 12.5. The minimum absolute atomic E-state index is 0.175. The first-order valence-electron chi connectivity index (χ1n) is 10.8. The molecule has 0 spiro atoms. The van der Waals surface area contributed by atoms with Crippen LogP contribution in [-0.2, 0) is 16.6 Å². The van der Waals surface area contributed by atoms with Gasteiger partial charge >= 0.3 is 0 Å². The maximum Gasteiger partial charge on any atom is 0.243 e. The van der Waals surface area contributed by atoms with Gasteiger partial charge in [-0.15, -0.1) is 0 Å². The van der Waals surface area contributed by atoms with Gasteiger partial charge < -0.3 is 10.2 Å². The van der Waals surface area contributed by atoms with Crippen molar-refractivity contribution < 1.29 is 12.8 Å². The van der Waals surface area contributed by atoms with E-state index in [-0.39, 0.29) is 11.9 Å². The molecule has 0 saturated carbocycles. The van der Waals surface area contributed by atoms with Crippen LogP contribution in [0.3, 0.4) is 0 Å². The quantitative estimate of drug-likeness (QED) is 0.758. The van der Waals surface area contributed by atoms with Gasteiger partial charge in [-0.3, -0.25) is 0 Å². The second-order valence-corrected chi connectivity index (χ2v) is 10.2. The highest BCUT2D eigenvalue weighted by Gasteiger charge is 2.29. The molecule has 0 unspecified atom stereocenters. The maximum atomic E-state index is 14.5. The van der Waals surface area contributed by atoms with Gasteiger partial charge in [0.25, 0.3) is 0 Å². The molecule has 2 saturated heterocycles. The Balaban J connectivity index is 1.36. The van der Waals surface area contributed by atoms with Crippen molar-refractivity contribution in [3.8, 4) is 0 Å². The third kappa shape index (κ3) is 4.53. The Morgan fingerprint density at radius 3 is 2.33 bits per heavy atom. The van der Waals surface area contributed by atoms with Crippen LogP contribution in [-0.4, -0.2) is 44.9 Å². The van der Waals surface area contributed by atoms with Crippen LogP contribution in [0.2, 0.25) is 0 Å². The van der Waals surface area contributed by atoms with Crippen LogP contribution < -0.4 is 10.2 Å². The van der Waals surface area contributed by atoms with E-state index < -0.39 is 10.0 Å². The van der Waals surface area contributed by atoms with E-state index in [4.69, 9.17) is 0 Å². The molecule has 5 nitrogen and oxygen atoms in total. The lowest BCUT2D eigenvalue weighted by Gasteiger charge is -2.32. The second-order valence-electron chi connectivity index (χ2n) is 8.30. The number of benzene rings is 2. The maximum absolute atomic E-state index is 14.5. The van der Waals surface area contributed by atoms with E-state index in [0.29, 0.717) is 30.1 Å². The number of hydrogen-bond donors (Lipinski definition) is 1. The molecule has 0 atom stereocenters. The van der Waals surface area contributed by atoms with Crippen molar-refractivity contribution in [3.05, 3.63) is 59.4 Å². The summed E-state index contributed by atoms with van der Waals surface area (Å²) in [4.78, 5) is 2.61. The lowest BCUT2D eigenvalue weighted by Crippen LogP contribution is -2.44. The monoisotopic (exact) mass is 431 g/mol. The van der Waals surface area contributed by atoms with Crippen LogP contribution in [0.4, 0.5) is 10.1 Å². The van der Waals surface area contributed by atoms with E-state index >= 15 is 0 Å². The first-order valence-corrected chi connectivity index (χ1v) is 12.2. The van der Waals surface area contributed by atoms with Gasteiger partial charge in [0.2, 0.25) is 10.0 Å². The molecule has 1 N–H and O–H groups in total.